The maximum atomic E-state index is 5.64. The summed E-state index contributed by atoms with van der Waals surface area (Å²) in [5, 5.41) is 0. The van der Waals surface area contributed by atoms with E-state index in [1.54, 1.807) is 0 Å². The summed E-state index contributed by atoms with van der Waals surface area (Å²) >= 11 is 5.64. The molecule has 0 atom stereocenters. The zero-order valence-corrected chi connectivity index (χ0v) is 14.0. The molecule has 0 bridgehead atoms. The highest BCUT2D eigenvalue weighted by Crippen LogP contribution is 2.12. The third-order valence-electron chi connectivity index (χ3n) is 3.49. The monoisotopic (exact) mass is 296 g/mol. The van der Waals surface area contributed by atoms with E-state index in [2.05, 4.69) is 6.92 Å². The van der Waals surface area contributed by atoms with Crippen molar-refractivity contribution in [2.45, 2.75) is 96.8 Å². The van der Waals surface area contributed by atoms with Gasteiger partial charge in [-0.15, -0.1) is 24.0 Å². The average molecular weight is 297 g/mol. The standard InChI is InChI=1S/C16H33Cl.ClH/c1-2-3-4-5-6-7-8-9-10-11-12-13-14-15-16-17;/h2-16H2,1H3;1H. The van der Waals surface area contributed by atoms with Crippen LogP contribution in [0.4, 0.5) is 0 Å². The van der Waals surface area contributed by atoms with Gasteiger partial charge < -0.3 is 0 Å². The first-order valence-electron chi connectivity index (χ1n) is 7.97. The van der Waals surface area contributed by atoms with Gasteiger partial charge in [0.05, 0.1) is 0 Å². The van der Waals surface area contributed by atoms with E-state index < -0.39 is 0 Å². The smallest absolute Gasteiger partial charge is 0.0223 e. The van der Waals surface area contributed by atoms with Crippen LogP contribution in [-0.4, -0.2) is 5.88 Å². The van der Waals surface area contributed by atoms with Crippen LogP contribution >= 0.6 is 24.0 Å². The lowest BCUT2D eigenvalue weighted by Crippen LogP contribution is -1.83. The van der Waals surface area contributed by atoms with Gasteiger partial charge in [-0.25, -0.2) is 0 Å². The van der Waals surface area contributed by atoms with Crippen molar-refractivity contribution in [1.29, 1.82) is 0 Å². The second-order valence-corrected chi connectivity index (χ2v) is 5.66. The maximum absolute atomic E-state index is 5.64. The van der Waals surface area contributed by atoms with Crippen molar-refractivity contribution in [2.24, 2.45) is 0 Å². The van der Waals surface area contributed by atoms with Crippen LogP contribution in [0.25, 0.3) is 0 Å². The molecule has 0 heterocycles. The van der Waals surface area contributed by atoms with Crippen LogP contribution in [-0.2, 0) is 0 Å². The van der Waals surface area contributed by atoms with Gasteiger partial charge in [-0.05, 0) is 6.42 Å². The summed E-state index contributed by atoms with van der Waals surface area (Å²) in [5.41, 5.74) is 0. The molecule has 0 fully saturated rings. The van der Waals surface area contributed by atoms with Gasteiger partial charge in [0.2, 0.25) is 0 Å². The van der Waals surface area contributed by atoms with Crippen LogP contribution in [0.5, 0.6) is 0 Å². The molecule has 0 rings (SSSR count). The van der Waals surface area contributed by atoms with Crippen molar-refractivity contribution in [3.63, 3.8) is 0 Å². The highest BCUT2D eigenvalue weighted by Gasteiger charge is 1.93. The molecule has 112 valence electrons. The molecular formula is C16H34Cl2. The third kappa shape index (κ3) is 18.9. The molecule has 0 aliphatic heterocycles. The summed E-state index contributed by atoms with van der Waals surface area (Å²) in [6.45, 7) is 2.28. The van der Waals surface area contributed by atoms with Crippen LogP contribution in [0.15, 0.2) is 0 Å². The van der Waals surface area contributed by atoms with Gasteiger partial charge in [-0.2, -0.15) is 0 Å². The van der Waals surface area contributed by atoms with Crippen molar-refractivity contribution in [1.82, 2.24) is 0 Å². The molecule has 0 saturated carbocycles. The van der Waals surface area contributed by atoms with Crippen molar-refractivity contribution in [2.75, 3.05) is 5.88 Å². The molecule has 0 aliphatic carbocycles. The normalized spacial score (nSPS) is 10.3. The fraction of sp³-hybridized carbons (Fsp3) is 1.00. The Balaban J connectivity index is 0. The van der Waals surface area contributed by atoms with E-state index >= 15 is 0 Å². The summed E-state index contributed by atoms with van der Waals surface area (Å²) < 4.78 is 0. The van der Waals surface area contributed by atoms with Crippen molar-refractivity contribution in [3.8, 4) is 0 Å². The van der Waals surface area contributed by atoms with Gasteiger partial charge in [0.1, 0.15) is 0 Å². The zero-order chi connectivity index (χ0) is 12.6. The quantitative estimate of drug-likeness (QED) is 0.236. The topological polar surface area (TPSA) is 0 Å². The van der Waals surface area contributed by atoms with Crippen LogP contribution in [0, 0.1) is 0 Å². The fourth-order valence-electron chi connectivity index (χ4n) is 2.29. The Morgan fingerprint density at radius 1 is 0.500 bits per heavy atom. The lowest BCUT2D eigenvalue weighted by molar-refractivity contribution is 0.538. The van der Waals surface area contributed by atoms with Gasteiger partial charge in [0.25, 0.3) is 0 Å². The van der Waals surface area contributed by atoms with Crippen molar-refractivity contribution >= 4 is 24.0 Å². The molecule has 18 heavy (non-hydrogen) atoms. The summed E-state index contributed by atoms with van der Waals surface area (Å²) in [5.74, 6) is 0.845. The van der Waals surface area contributed by atoms with E-state index in [0.717, 1.165) is 5.88 Å². The van der Waals surface area contributed by atoms with E-state index in [0.29, 0.717) is 0 Å². The molecule has 0 unspecified atom stereocenters. The van der Waals surface area contributed by atoms with Gasteiger partial charge in [0, 0.05) is 5.88 Å². The minimum absolute atomic E-state index is 0. The molecule has 0 aromatic heterocycles. The molecule has 0 nitrogen and oxygen atoms in total. The fourth-order valence-corrected chi connectivity index (χ4v) is 2.48. The van der Waals surface area contributed by atoms with Crippen LogP contribution < -0.4 is 0 Å². The van der Waals surface area contributed by atoms with Gasteiger partial charge in [0.15, 0.2) is 0 Å². The van der Waals surface area contributed by atoms with E-state index in [-0.39, 0.29) is 12.4 Å². The highest BCUT2D eigenvalue weighted by atomic mass is 35.5. The zero-order valence-electron chi connectivity index (χ0n) is 12.4. The molecule has 2 heteroatoms. The molecule has 0 aromatic rings. The Bertz CT molecular complexity index is 112. The van der Waals surface area contributed by atoms with Crippen molar-refractivity contribution in [3.05, 3.63) is 0 Å². The first-order chi connectivity index (χ1) is 8.41. The predicted octanol–water partition coefficient (Wildman–Crippen LogP) is 7.13. The molecule has 0 amide bonds. The SMILES string of the molecule is CCCCCCCCCCCCCCCCCl.Cl. The summed E-state index contributed by atoms with van der Waals surface area (Å²) in [6.07, 6.45) is 19.8. The van der Waals surface area contributed by atoms with Crippen LogP contribution in [0.3, 0.4) is 0 Å². The molecular weight excluding hydrogens is 263 g/mol. The summed E-state index contributed by atoms with van der Waals surface area (Å²) in [4.78, 5) is 0. The number of hydrogen-bond acceptors (Lipinski definition) is 0. The lowest BCUT2D eigenvalue weighted by Gasteiger charge is -2.02. The Morgan fingerprint density at radius 3 is 1.06 bits per heavy atom. The number of halogens is 2. The Kier molecular flexibility index (Phi) is 23.1. The molecule has 0 aromatic carbocycles. The minimum atomic E-state index is 0. The van der Waals surface area contributed by atoms with Gasteiger partial charge >= 0.3 is 0 Å². The van der Waals surface area contributed by atoms with E-state index in [1.165, 1.54) is 89.9 Å². The molecule has 0 aliphatic rings. The third-order valence-corrected chi connectivity index (χ3v) is 3.75. The Hall–Kier alpha value is 0.580. The van der Waals surface area contributed by atoms with Gasteiger partial charge in [-0.3, -0.25) is 0 Å². The maximum Gasteiger partial charge on any atom is 0.0223 e. The summed E-state index contributed by atoms with van der Waals surface area (Å²) in [6, 6.07) is 0. The number of hydrogen-bond donors (Lipinski definition) is 0. The van der Waals surface area contributed by atoms with Crippen LogP contribution in [0.1, 0.15) is 96.8 Å². The second-order valence-electron chi connectivity index (χ2n) is 5.29. The molecule has 0 spiro atoms. The Labute approximate surface area is 127 Å². The number of rotatable bonds is 14. The van der Waals surface area contributed by atoms with Crippen LogP contribution in [0.2, 0.25) is 0 Å². The highest BCUT2D eigenvalue weighted by molar-refractivity contribution is 6.17. The molecule has 0 saturated heterocycles. The summed E-state index contributed by atoms with van der Waals surface area (Å²) in [7, 11) is 0. The lowest BCUT2D eigenvalue weighted by atomic mass is 10.0. The average Bonchev–Trinajstić information content (AvgIpc) is 2.35. The second kappa shape index (κ2) is 19.9. The van der Waals surface area contributed by atoms with E-state index in [9.17, 15) is 0 Å². The number of alkyl halides is 1. The largest absolute Gasteiger partial charge is 0.147 e. The minimum Gasteiger partial charge on any atom is -0.147 e. The predicted molar refractivity (Wildman–Crippen MR) is 88.3 cm³/mol. The molecule has 0 radical (unpaired) electrons. The van der Waals surface area contributed by atoms with E-state index in [4.69, 9.17) is 11.6 Å². The first-order valence-corrected chi connectivity index (χ1v) is 8.51. The van der Waals surface area contributed by atoms with Crippen molar-refractivity contribution < 1.29 is 0 Å². The number of unbranched alkanes of at least 4 members (excludes halogenated alkanes) is 13. The van der Waals surface area contributed by atoms with E-state index in [1.807, 2.05) is 0 Å². The molecule has 0 N–H and O–H groups in total. The first kappa shape index (κ1) is 20.9. The van der Waals surface area contributed by atoms with Gasteiger partial charge in [-0.1, -0.05) is 90.4 Å². The Morgan fingerprint density at radius 2 is 0.778 bits per heavy atom.